The van der Waals surface area contributed by atoms with Crippen LogP contribution in [-0.4, -0.2) is 34.2 Å². The smallest absolute Gasteiger partial charge is 0.221 e. The Kier molecular flexibility index (Phi) is 4.24. The molecule has 0 radical (unpaired) electrons. The highest BCUT2D eigenvalue weighted by Gasteiger charge is 2.27. The van der Waals surface area contributed by atoms with Gasteiger partial charge < -0.3 is 5.32 Å². The predicted octanol–water partition coefficient (Wildman–Crippen LogP) is 1.88. The van der Waals surface area contributed by atoms with Crippen LogP contribution in [0, 0.1) is 6.92 Å². The zero-order chi connectivity index (χ0) is 15.5. The van der Waals surface area contributed by atoms with E-state index in [9.17, 15) is 4.79 Å². The van der Waals surface area contributed by atoms with Crippen LogP contribution < -0.4 is 5.32 Å². The first-order valence-corrected chi connectivity index (χ1v) is 7.66. The van der Waals surface area contributed by atoms with Gasteiger partial charge in [-0.15, -0.1) is 0 Å². The van der Waals surface area contributed by atoms with E-state index in [1.54, 1.807) is 7.05 Å². The Bertz CT molecular complexity index is 664. The van der Waals surface area contributed by atoms with Crippen LogP contribution in [0.1, 0.15) is 29.3 Å². The number of aromatic nitrogens is 2. The van der Waals surface area contributed by atoms with Crippen LogP contribution in [0.4, 0.5) is 0 Å². The molecule has 22 heavy (non-hydrogen) atoms. The average molecular weight is 298 g/mol. The summed E-state index contributed by atoms with van der Waals surface area (Å²) >= 11 is 0. The van der Waals surface area contributed by atoms with E-state index in [1.807, 2.05) is 16.9 Å². The maximum absolute atomic E-state index is 11.8. The van der Waals surface area contributed by atoms with Gasteiger partial charge in [-0.1, -0.05) is 29.8 Å². The van der Waals surface area contributed by atoms with E-state index in [1.165, 1.54) is 16.8 Å². The van der Waals surface area contributed by atoms with E-state index in [0.29, 0.717) is 6.42 Å². The molecule has 1 aromatic heterocycles. The summed E-state index contributed by atoms with van der Waals surface area (Å²) in [6.07, 6.45) is 2.29. The summed E-state index contributed by atoms with van der Waals surface area (Å²) in [7, 11) is 1.68. The van der Waals surface area contributed by atoms with Crippen molar-refractivity contribution in [3.8, 4) is 0 Å². The SMILES string of the molecule is CNC(=O)C[C@@H]1CN(Cc2cccc(C)c2)Cc2ccnn21. The lowest BCUT2D eigenvalue weighted by atomic mass is 10.1. The number of rotatable bonds is 4. The highest BCUT2D eigenvalue weighted by Crippen LogP contribution is 2.24. The molecule has 1 N–H and O–H groups in total. The number of fused-ring (bicyclic) bond motifs is 1. The minimum absolute atomic E-state index is 0.0591. The number of nitrogens with zero attached hydrogens (tertiary/aromatic N) is 3. The van der Waals surface area contributed by atoms with Crippen LogP contribution in [-0.2, 0) is 17.9 Å². The molecule has 1 atom stereocenters. The lowest BCUT2D eigenvalue weighted by molar-refractivity contribution is -0.121. The van der Waals surface area contributed by atoms with Gasteiger partial charge in [-0.2, -0.15) is 5.10 Å². The monoisotopic (exact) mass is 298 g/mol. The molecule has 0 saturated carbocycles. The number of aryl methyl sites for hydroxylation is 1. The summed E-state index contributed by atoms with van der Waals surface area (Å²) in [5.41, 5.74) is 3.76. The van der Waals surface area contributed by atoms with Gasteiger partial charge in [-0.25, -0.2) is 0 Å². The van der Waals surface area contributed by atoms with E-state index in [2.05, 4.69) is 46.5 Å². The molecule has 0 aliphatic carbocycles. The van der Waals surface area contributed by atoms with Crippen LogP contribution in [0.3, 0.4) is 0 Å². The molecular weight excluding hydrogens is 276 g/mol. The van der Waals surface area contributed by atoms with Crippen molar-refractivity contribution in [3.63, 3.8) is 0 Å². The summed E-state index contributed by atoms with van der Waals surface area (Å²) in [5, 5.41) is 7.10. The Labute approximate surface area is 130 Å². The molecule has 0 spiro atoms. The fraction of sp³-hybridized carbons (Fsp3) is 0.412. The zero-order valence-corrected chi connectivity index (χ0v) is 13.1. The van der Waals surface area contributed by atoms with Crippen molar-refractivity contribution in [2.24, 2.45) is 0 Å². The third-order valence-electron chi connectivity index (χ3n) is 4.14. The number of carbonyl (C=O) groups is 1. The van der Waals surface area contributed by atoms with Gasteiger partial charge in [0.1, 0.15) is 0 Å². The van der Waals surface area contributed by atoms with E-state index in [0.717, 1.165) is 19.6 Å². The number of benzene rings is 1. The van der Waals surface area contributed by atoms with Gasteiger partial charge in [0.05, 0.1) is 18.2 Å². The normalized spacial score (nSPS) is 18.0. The summed E-state index contributed by atoms with van der Waals surface area (Å²) in [6, 6.07) is 10.7. The molecule has 1 amide bonds. The van der Waals surface area contributed by atoms with Crippen LogP contribution in [0.25, 0.3) is 0 Å². The van der Waals surface area contributed by atoms with Crippen LogP contribution >= 0.6 is 0 Å². The van der Waals surface area contributed by atoms with Gasteiger partial charge in [0.2, 0.25) is 5.91 Å². The number of carbonyl (C=O) groups excluding carboxylic acids is 1. The molecule has 2 aromatic rings. The molecule has 0 fully saturated rings. The topological polar surface area (TPSA) is 50.2 Å². The molecule has 3 rings (SSSR count). The molecule has 1 aliphatic heterocycles. The maximum Gasteiger partial charge on any atom is 0.221 e. The molecular formula is C17H22N4O. The molecule has 0 saturated heterocycles. The second kappa shape index (κ2) is 6.32. The average Bonchev–Trinajstić information content (AvgIpc) is 2.95. The Morgan fingerprint density at radius 2 is 2.27 bits per heavy atom. The lowest BCUT2D eigenvalue weighted by Crippen LogP contribution is -2.39. The minimum atomic E-state index is 0.0591. The summed E-state index contributed by atoms with van der Waals surface area (Å²) in [5.74, 6) is 0.0591. The van der Waals surface area contributed by atoms with Crippen molar-refractivity contribution in [2.75, 3.05) is 13.6 Å². The standard InChI is InChI=1S/C17H22N4O/c1-13-4-3-5-14(8-13)10-20-11-15-6-7-19-21(15)16(12-20)9-17(22)18-2/h3-8,16H,9-12H2,1-2H3,(H,18,22)/t16-/m1/s1. The van der Waals surface area contributed by atoms with E-state index >= 15 is 0 Å². The highest BCUT2D eigenvalue weighted by atomic mass is 16.1. The number of nitrogens with one attached hydrogen (secondary N) is 1. The first kappa shape index (κ1) is 14.8. The highest BCUT2D eigenvalue weighted by molar-refractivity contribution is 5.76. The Hall–Kier alpha value is -2.14. The third-order valence-corrected chi connectivity index (χ3v) is 4.14. The molecule has 5 heteroatoms. The molecule has 0 unspecified atom stereocenters. The summed E-state index contributed by atoms with van der Waals surface area (Å²) < 4.78 is 2.00. The molecule has 1 aliphatic rings. The molecule has 0 bridgehead atoms. The molecule has 116 valence electrons. The Balaban J connectivity index is 1.76. The molecule has 2 heterocycles. The third kappa shape index (κ3) is 3.20. The van der Waals surface area contributed by atoms with Gasteiger partial charge in [-0.05, 0) is 18.6 Å². The van der Waals surface area contributed by atoms with Crippen molar-refractivity contribution in [1.29, 1.82) is 0 Å². The molecule has 1 aromatic carbocycles. The number of amides is 1. The fourth-order valence-electron chi connectivity index (χ4n) is 3.12. The summed E-state index contributed by atoms with van der Waals surface area (Å²) in [4.78, 5) is 14.1. The van der Waals surface area contributed by atoms with Crippen molar-refractivity contribution in [3.05, 3.63) is 53.3 Å². The summed E-state index contributed by atoms with van der Waals surface area (Å²) in [6.45, 7) is 4.73. The number of hydrogen-bond donors (Lipinski definition) is 1. The van der Waals surface area contributed by atoms with Gasteiger partial charge in [-0.3, -0.25) is 14.4 Å². The molecule has 5 nitrogen and oxygen atoms in total. The van der Waals surface area contributed by atoms with Crippen molar-refractivity contribution in [2.45, 2.75) is 32.5 Å². The largest absolute Gasteiger partial charge is 0.359 e. The van der Waals surface area contributed by atoms with Crippen LogP contribution in [0.15, 0.2) is 36.5 Å². The van der Waals surface area contributed by atoms with Crippen molar-refractivity contribution in [1.82, 2.24) is 20.0 Å². The first-order valence-electron chi connectivity index (χ1n) is 7.66. The fourth-order valence-corrected chi connectivity index (χ4v) is 3.12. The second-order valence-electron chi connectivity index (χ2n) is 5.96. The van der Waals surface area contributed by atoms with Crippen molar-refractivity contribution < 1.29 is 4.79 Å². The zero-order valence-electron chi connectivity index (χ0n) is 13.1. The van der Waals surface area contributed by atoms with Gasteiger partial charge in [0.15, 0.2) is 0 Å². The second-order valence-corrected chi connectivity index (χ2v) is 5.96. The van der Waals surface area contributed by atoms with Crippen molar-refractivity contribution >= 4 is 5.91 Å². The maximum atomic E-state index is 11.8. The first-order chi connectivity index (χ1) is 10.7. The van der Waals surface area contributed by atoms with Gasteiger partial charge >= 0.3 is 0 Å². The van der Waals surface area contributed by atoms with E-state index < -0.39 is 0 Å². The van der Waals surface area contributed by atoms with Crippen LogP contribution in [0.5, 0.6) is 0 Å². The van der Waals surface area contributed by atoms with Gasteiger partial charge in [0, 0.05) is 32.9 Å². The Morgan fingerprint density at radius 1 is 1.41 bits per heavy atom. The van der Waals surface area contributed by atoms with Crippen LogP contribution in [0.2, 0.25) is 0 Å². The lowest BCUT2D eigenvalue weighted by Gasteiger charge is -2.33. The minimum Gasteiger partial charge on any atom is -0.359 e. The number of hydrogen-bond acceptors (Lipinski definition) is 3. The van der Waals surface area contributed by atoms with E-state index in [4.69, 9.17) is 0 Å². The Morgan fingerprint density at radius 3 is 3.05 bits per heavy atom. The van der Waals surface area contributed by atoms with Gasteiger partial charge in [0.25, 0.3) is 0 Å². The van der Waals surface area contributed by atoms with E-state index in [-0.39, 0.29) is 11.9 Å². The predicted molar refractivity (Wildman–Crippen MR) is 85.2 cm³/mol. The quantitative estimate of drug-likeness (QED) is 0.937.